The molecule has 1 spiro atoms. The highest BCUT2D eigenvalue weighted by molar-refractivity contribution is 5.68. The van der Waals surface area contributed by atoms with Crippen molar-refractivity contribution in [3.63, 3.8) is 0 Å². The third-order valence-corrected chi connectivity index (χ3v) is 5.49. The van der Waals surface area contributed by atoms with Gasteiger partial charge in [-0.15, -0.1) is 0 Å². The van der Waals surface area contributed by atoms with Crippen molar-refractivity contribution in [3.8, 4) is 5.69 Å². The number of amides is 1. The standard InChI is InChI=1S/C21H29N5O3/c1-20(2,3)29-19(27)25-10-8-21(9-11-25)13-28-12-18(24-21)16-4-6-17(7-5-16)26-15-22-14-23-26/h4-7,14-15,18,24H,8-13H2,1-3H3/t18-/m1/s1. The molecular weight excluding hydrogens is 370 g/mol. The number of piperidine rings is 1. The van der Waals surface area contributed by atoms with Crippen LogP contribution in [0.4, 0.5) is 4.79 Å². The summed E-state index contributed by atoms with van der Waals surface area (Å²) in [6, 6.07) is 8.41. The second-order valence-electron chi connectivity index (χ2n) is 8.89. The molecule has 2 fully saturated rings. The Hall–Kier alpha value is -2.45. The van der Waals surface area contributed by atoms with Gasteiger partial charge in [0.2, 0.25) is 0 Å². The molecule has 8 heteroatoms. The molecule has 1 amide bonds. The highest BCUT2D eigenvalue weighted by atomic mass is 16.6. The van der Waals surface area contributed by atoms with Crippen molar-refractivity contribution >= 4 is 6.09 Å². The van der Waals surface area contributed by atoms with Crippen molar-refractivity contribution in [1.29, 1.82) is 0 Å². The van der Waals surface area contributed by atoms with E-state index in [4.69, 9.17) is 9.47 Å². The third-order valence-electron chi connectivity index (χ3n) is 5.49. The summed E-state index contributed by atoms with van der Waals surface area (Å²) >= 11 is 0. The van der Waals surface area contributed by atoms with Gasteiger partial charge in [-0.2, -0.15) is 5.10 Å². The minimum atomic E-state index is -0.470. The molecule has 4 rings (SSSR count). The van der Waals surface area contributed by atoms with Crippen LogP contribution in [-0.2, 0) is 9.47 Å². The monoisotopic (exact) mass is 399 g/mol. The zero-order valence-corrected chi connectivity index (χ0v) is 17.3. The normalized spacial score (nSPS) is 21.9. The maximum Gasteiger partial charge on any atom is 0.410 e. The van der Waals surface area contributed by atoms with Gasteiger partial charge in [0.05, 0.1) is 24.9 Å². The minimum absolute atomic E-state index is 0.105. The number of carbonyl (C=O) groups is 1. The fraction of sp³-hybridized carbons (Fsp3) is 0.571. The summed E-state index contributed by atoms with van der Waals surface area (Å²) in [4.78, 5) is 18.1. The number of hydrogen-bond donors (Lipinski definition) is 1. The van der Waals surface area contributed by atoms with Gasteiger partial charge in [0.15, 0.2) is 0 Å². The molecule has 156 valence electrons. The van der Waals surface area contributed by atoms with E-state index >= 15 is 0 Å². The minimum Gasteiger partial charge on any atom is -0.444 e. The van der Waals surface area contributed by atoms with E-state index in [1.807, 2.05) is 32.9 Å². The van der Waals surface area contributed by atoms with E-state index < -0.39 is 5.60 Å². The fourth-order valence-corrected chi connectivity index (χ4v) is 3.94. The second-order valence-corrected chi connectivity index (χ2v) is 8.89. The van der Waals surface area contributed by atoms with Gasteiger partial charge >= 0.3 is 6.09 Å². The molecule has 0 unspecified atom stereocenters. The molecule has 8 nitrogen and oxygen atoms in total. The predicted octanol–water partition coefficient (Wildman–Crippen LogP) is 2.70. The fourth-order valence-electron chi connectivity index (χ4n) is 3.94. The largest absolute Gasteiger partial charge is 0.444 e. The molecule has 1 N–H and O–H groups in total. The Morgan fingerprint density at radius 1 is 1.24 bits per heavy atom. The van der Waals surface area contributed by atoms with E-state index in [1.54, 1.807) is 15.9 Å². The van der Waals surface area contributed by atoms with Gasteiger partial charge in [-0.05, 0) is 51.3 Å². The first-order chi connectivity index (χ1) is 13.8. The van der Waals surface area contributed by atoms with Crippen molar-refractivity contribution in [1.82, 2.24) is 25.0 Å². The van der Waals surface area contributed by atoms with Crippen LogP contribution in [0, 0.1) is 0 Å². The highest BCUT2D eigenvalue weighted by Gasteiger charge is 2.41. The SMILES string of the molecule is CC(C)(C)OC(=O)N1CCC2(CC1)COC[C@H](c1ccc(-n3cncn3)cc1)N2. The zero-order chi connectivity index (χ0) is 20.5. The van der Waals surface area contributed by atoms with E-state index in [2.05, 4.69) is 27.5 Å². The molecular formula is C21H29N5O3. The first-order valence-corrected chi connectivity index (χ1v) is 10.1. The van der Waals surface area contributed by atoms with Crippen LogP contribution >= 0.6 is 0 Å². The van der Waals surface area contributed by atoms with Crippen LogP contribution < -0.4 is 5.32 Å². The van der Waals surface area contributed by atoms with Gasteiger partial charge in [-0.25, -0.2) is 14.5 Å². The van der Waals surface area contributed by atoms with Gasteiger partial charge in [0.1, 0.15) is 18.3 Å². The Morgan fingerprint density at radius 2 is 1.97 bits per heavy atom. The summed E-state index contributed by atoms with van der Waals surface area (Å²) in [6.45, 7) is 8.33. The molecule has 0 saturated carbocycles. The molecule has 0 aliphatic carbocycles. The van der Waals surface area contributed by atoms with Crippen molar-refractivity contribution in [2.45, 2.75) is 50.8 Å². The zero-order valence-electron chi connectivity index (χ0n) is 17.3. The van der Waals surface area contributed by atoms with Crippen molar-refractivity contribution in [2.75, 3.05) is 26.3 Å². The molecule has 1 aromatic heterocycles. The number of aromatic nitrogens is 3. The first kappa shape index (κ1) is 19.8. The third kappa shape index (κ3) is 4.59. The number of nitrogens with one attached hydrogen (secondary N) is 1. The summed E-state index contributed by atoms with van der Waals surface area (Å²) in [5.74, 6) is 0. The van der Waals surface area contributed by atoms with Crippen LogP contribution in [0.25, 0.3) is 5.69 Å². The number of ether oxygens (including phenoxy) is 2. The Kier molecular flexibility index (Phi) is 5.31. The first-order valence-electron chi connectivity index (χ1n) is 10.1. The maximum absolute atomic E-state index is 12.3. The van der Waals surface area contributed by atoms with Gasteiger partial charge in [0, 0.05) is 18.6 Å². The van der Waals surface area contributed by atoms with E-state index in [-0.39, 0.29) is 17.7 Å². The number of carbonyl (C=O) groups excluding carboxylic acids is 1. The summed E-state index contributed by atoms with van der Waals surface area (Å²) in [5.41, 5.74) is 1.58. The smallest absolute Gasteiger partial charge is 0.410 e. The summed E-state index contributed by atoms with van der Waals surface area (Å²) < 4.78 is 13.2. The Morgan fingerprint density at radius 3 is 2.59 bits per heavy atom. The Bertz CT molecular complexity index is 821. The molecule has 3 heterocycles. The van der Waals surface area contributed by atoms with Crippen LogP contribution in [-0.4, -0.2) is 63.2 Å². The van der Waals surface area contributed by atoms with Crippen LogP contribution in [0.5, 0.6) is 0 Å². The highest BCUT2D eigenvalue weighted by Crippen LogP contribution is 2.31. The van der Waals surface area contributed by atoms with E-state index in [0.29, 0.717) is 26.3 Å². The van der Waals surface area contributed by atoms with Crippen LogP contribution in [0.3, 0.4) is 0 Å². The average molecular weight is 399 g/mol. The molecule has 2 aliphatic heterocycles. The number of morpholine rings is 1. The number of likely N-dealkylation sites (tertiary alicyclic amines) is 1. The summed E-state index contributed by atoms with van der Waals surface area (Å²) in [6.07, 6.45) is 4.67. The van der Waals surface area contributed by atoms with Crippen LogP contribution in [0.2, 0.25) is 0 Å². The van der Waals surface area contributed by atoms with E-state index in [1.165, 1.54) is 11.9 Å². The Balaban J connectivity index is 1.38. The molecule has 29 heavy (non-hydrogen) atoms. The molecule has 2 saturated heterocycles. The van der Waals surface area contributed by atoms with Crippen LogP contribution in [0.1, 0.15) is 45.2 Å². The number of hydrogen-bond acceptors (Lipinski definition) is 6. The second kappa shape index (κ2) is 7.76. The topological polar surface area (TPSA) is 81.5 Å². The molecule has 2 aromatic rings. The van der Waals surface area contributed by atoms with E-state index in [9.17, 15) is 4.79 Å². The van der Waals surface area contributed by atoms with Gasteiger partial charge in [-0.3, -0.25) is 0 Å². The van der Waals surface area contributed by atoms with Gasteiger partial charge < -0.3 is 19.7 Å². The molecule has 1 atom stereocenters. The van der Waals surface area contributed by atoms with Gasteiger partial charge in [-0.1, -0.05) is 12.1 Å². The average Bonchev–Trinajstić information content (AvgIpc) is 3.22. The maximum atomic E-state index is 12.3. The Labute approximate surface area is 171 Å². The van der Waals surface area contributed by atoms with Crippen molar-refractivity contribution < 1.29 is 14.3 Å². The van der Waals surface area contributed by atoms with E-state index in [0.717, 1.165) is 18.5 Å². The lowest BCUT2D eigenvalue weighted by molar-refractivity contribution is -0.0357. The lowest BCUT2D eigenvalue weighted by Gasteiger charge is -2.47. The van der Waals surface area contributed by atoms with Crippen molar-refractivity contribution in [3.05, 3.63) is 42.5 Å². The quantitative estimate of drug-likeness (QED) is 0.836. The predicted molar refractivity (Wildman–Crippen MR) is 108 cm³/mol. The summed E-state index contributed by atoms with van der Waals surface area (Å²) in [5, 5.41) is 7.97. The lowest BCUT2D eigenvalue weighted by atomic mass is 9.85. The van der Waals surface area contributed by atoms with Crippen LogP contribution in [0.15, 0.2) is 36.9 Å². The number of rotatable bonds is 2. The van der Waals surface area contributed by atoms with Crippen molar-refractivity contribution in [2.24, 2.45) is 0 Å². The lowest BCUT2D eigenvalue weighted by Crippen LogP contribution is -2.61. The number of nitrogens with zero attached hydrogens (tertiary/aromatic N) is 4. The number of benzene rings is 1. The molecule has 1 aromatic carbocycles. The summed E-state index contributed by atoms with van der Waals surface area (Å²) in [7, 11) is 0. The molecule has 0 bridgehead atoms. The molecule has 2 aliphatic rings. The van der Waals surface area contributed by atoms with Gasteiger partial charge in [0.25, 0.3) is 0 Å². The molecule has 0 radical (unpaired) electrons.